The molecule has 0 aromatic heterocycles. The average Bonchev–Trinajstić information content (AvgIpc) is 2.17. The predicted octanol–water partition coefficient (Wildman–Crippen LogP) is 1.83. The molecular weight excluding hydrogens is 188 g/mol. The summed E-state index contributed by atoms with van der Waals surface area (Å²) in [7, 11) is 0. The molecule has 0 aliphatic rings. The van der Waals surface area contributed by atoms with Crippen molar-refractivity contribution in [2.24, 2.45) is 11.7 Å². The number of carbonyl (C=O) groups is 1. The Morgan fingerprint density at radius 3 is 2.67 bits per heavy atom. The highest BCUT2D eigenvalue weighted by Crippen LogP contribution is 2.08. The van der Waals surface area contributed by atoms with Crippen LogP contribution in [0.3, 0.4) is 0 Å². The molecule has 0 saturated heterocycles. The summed E-state index contributed by atoms with van der Waals surface area (Å²) in [5.41, 5.74) is 5.64. The lowest BCUT2D eigenvalue weighted by atomic mass is 10.0. The zero-order valence-corrected chi connectivity index (χ0v) is 9.96. The highest BCUT2D eigenvalue weighted by atomic mass is 16.1. The second-order valence-corrected chi connectivity index (χ2v) is 4.18. The third-order valence-corrected chi connectivity index (χ3v) is 2.39. The molecule has 0 aromatic carbocycles. The average molecular weight is 212 g/mol. The van der Waals surface area contributed by atoms with E-state index in [1.165, 1.54) is 0 Å². The van der Waals surface area contributed by atoms with Crippen molar-refractivity contribution in [2.75, 3.05) is 6.54 Å². The first kappa shape index (κ1) is 14.2. The van der Waals surface area contributed by atoms with Crippen molar-refractivity contribution in [3.63, 3.8) is 0 Å². The lowest BCUT2D eigenvalue weighted by molar-refractivity contribution is -0.124. The SMILES string of the molecule is C=CCCNC(=O)C(C)CCCC(C)N. The normalized spacial score (nSPS) is 14.3. The van der Waals surface area contributed by atoms with E-state index in [4.69, 9.17) is 5.73 Å². The van der Waals surface area contributed by atoms with E-state index in [1.54, 1.807) is 6.08 Å². The Morgan fingerprint density at radius 1 is 1.47 bits per heavy atom. The van der Waals surface area contributed by atoms with Gasteiger partial charge in [-0.05, 0) is 26.2 Å². The molecule has 0 heterocycles. The predicted molar refractivity (Wildman–Crippen MR) is 64.5 cm³/mol. The second kappa shape index (κ2) is 8.48. The van der Waals surface area contributed by atoms with Gasteiger partial charge in [0.1, 0.15) is 0 Å². The first-order valence-corrected chi connectivity index (χ1v) is 5.72. The van der Waals surface area contributed by atoms with Crippen LogP contribution in [0, 0.1) is 5.92 Å². The van der Waals surface area contributed by atoms with E-state index in [0.717, 1.165) is 25.7 Å². The molecule has 0 fully saturated rings. The molecule has 0 aliphatic heterocycles. The van der Waals surface area contributed by atoms with Gasteiger partial charge in [0, 0.05) is 18.5 Å². The highest BCUT2D eigenvalue weighted by Gasteiger charge is 2.11. The minimum atomic E-state index is 0.0913. The summed E-state index contributed by atoms with van der Waals surface area (Å²) in [5, 5.41) is 2.88. The zero-order valence-electron chi connectivity index (χ0n) is 9.96. The number of nitrogens with one attached hydrogen (secondary N) is 1. The molecule has 2 atom stereocenters. The van der Waals surface area contributed by atoms with Crippen LogP contribution in [0.2, 0.25) is 0 Å². The Bertz CT molecular complexity index is 190. The molecule has 0 saturated carbocycles. The van der Waals surface area contributed by atoms with E-state index in [2.05, 4.69) is 11.9 Å². The van der Waals surface area contributed by atoms with Crippen LogP contribution < -0.4 is 11.1 Å². The highest BCUT2D eigenvalue weighted by molar-refractivity contribution is 5.78. The van der Waals surface area contributed by atoms with Gasteiger partial charge in [-0.25, -0.2) is 0 Å². The summed E-state index contributed by atoms with van der Waals surface area (Å²) in [6.07, 6.45) is 5.57. The van der Waals surface area contributed by atoms with Gasteiger partial charge in [-0.2, -0.15) is 0 Å². The Kier molecular flexibility index (Phi) is 8.01. The van der Waals surface area contributed by atoms with Crippen molar-refractivity contribution in [1.82, 2.24) is 5.32 Å². The van der Waals surface area contributed by atoms with Crippen LogP contribution in [-0.2, 0) is 4.79 Å². The van der Waals surface area contributed by atoms with Crippen LogP contribution >= 0.6 is 0 Å². The van der Waals surface area contributed by atoms with E-state index in [1.807, 2.05) is 13.8 Å². The van der Waals surface area contributed by atoms with Crippen LogP contribution in [-0.4, -0.2) is 18.5 Å². The van der Waals surface area contributed by atoms with Gasteiger partial charge >= 0.3 is 0 Å². The van der Waals surface area contributed by atoms with E-state index in [9.17, 15) is 4.79 Å². The minimum absolute atomic E-state index is 0.0913. The summed E-state index contributed by atoms with van der Waals surface area (Å²) < 4.78 is 0. The van der Waals surface area contributed by atoms with Gasteiger partial charge in [0.25, 0.3) is 0 Å². The maximum atomic E-state index is 11.5. The number of rotatable bonds is 8. The summed E-state index contributed by atoms with van der Waals surface area (Å²) >= 11 is 0. The van der Waals surface area contributed by atoms with Crippen molar-refractivity contribution in [3.8, 4) is 0 Å². The molecule has 1 amide bonds. The van der Waals surface area contributed by atoms with Gasteiger partial charge in [0.15, 0.2) is 0 Å². The van der Waals surface area contributed by atoms with Crippen molar-refractivity contribution < 1.29 is 4.79 Å². The molecule has 3 nitrogen and oxygen atoms in total. The summed E-state index contributed by atoms with van der Waals surface area (Å²) in [6, 6.07) is 0.237. The standard InChI is InChI=1S/C12H24N2O/c1-4-5-9-14-12(15)10(2)7-6-8-11(3)13/h4,10-11H,1,5-9,13H2,2-3H3,(H,14,15). The van der Waals surface area contributed by atoms with Gasteiger partial charge in [-0.3, -0.25) is 4.79 Å². The first-order chi connectivity index (χ1) is 7.07. The molecule has 3 N–H and O–H groups in total. The Labute approximate surface area is 93.1 Å². The molecule has 0 aliphatic carbocycles. The first-order valence-electron chi connectivity index (χ1n) is 5.72. The van der Waals surface area contributed by atoms with Gasteiger partial charge < -0.3 is 11.1 Å². The molecule has 0 radical (unpaired) electrons. The fraction of sp³-hybridized carbons (Fsp3) is 0.750. The molecule has 0 spiro atoms. The largest absolute Gasteiger partial charge is 0.356 e. The number of nitrogens with two attached hydrogens (primary N) is 1. The molecular formula is C12H24N2O. The van der Waals surface area contributed by atoms with E-state index < -0.39 is 0 Å². The number of carbonyl (C=O) groups excluding carboxylic acids is 1. The lowest BCUT2D eigenvalue weighted by Crippen LogP contribution is -2.30. The monoisotopic (exact) mass is 212 g/mol. The van der Waals surface area contributed by atoms with E-state index >= 15 is 0 Å². The smallest absolute Gasteiger partial charge is 0.222 e. The van der Waals surface area contributed by atoms with Gasteiger partial charge in [0.05, 0.1) is 0 Å². The maximum absolute atomic E-state index is 11.5. The fourth-order valence-electron chi connectivity index (χ4n) is 1.35. The molecule has 3 heteroatoms. The van der Waals surface area contributed by atoms with E-state index in [0.29, 0.717) is 6.54 Å². The van der Waals surface area contributed by atoms with Crippen molar-refractivity contribution in [2.45, 2.75) is 45.6 Å². The molecule has 2 unspecified atom stereocenters. The topological polar surface area (TPSA) is 55.1 Å². The molecule has 0 aromatic rings. The van der Waals surface area contributed by atoms with Crippen LogP contribution in [0.15, 0.2) is 12.7 Å². The van der Waals surface area contributed by atoms with Crippen LogP contribution in [0.1, 0.15) is 39.5 Å². The maximum Gasteiger partial charge on any atom is 0.222 e. The Morgan fingerprint density at radius 2 is 2.13 bits per heavy atom. The minimum Gasteiger partial charge on any atom is -0.356 e. The van der Waals surface area contributed by atoms with Crippen molar-refractivity contribution in [3.05, 3.63) is 12.7 Å². The van der Waals surface area contributed by atoms with Crippen LogP contribution in [0.5, 0.6) is 0 Å². The Hall–Kier alpha value is -0.830. The number of hydrogen-bond donors (Lipinski definition) is 2. The quantitative estimate of drug-likeness (QED) is 0.476. The van der Waals surface area contributed by atoms with Gasteiger partial charge in [-0.15, -0.1) is 6.58 Å². The van der Waals surface area contributed by atoms with Gasteiger partial charge in [0.2, 0.25) is 5.91 Å². The molecule has 0 rings (SSSR count). The third kappa shape index (κ3) is 8.18. The number of amides is 1. The van der Waals surface area contributed by atoms with Crippen LogP contribution in [0.25, 0.3) is 0 Å². The summed E-state index contributed by atoms with van der Waals surface area (Å²) in [5.74, 6) is 0.232. The summed E-state index contributed by atoms with van der Waals surface area (Å²) in [4.78, 5) is 11.5. The second-order valence-electron chi connectivity index (χ2n) is 4.18. The van der Waals surface area contributed by atoms with Crippen molar-refractivity contribution in [1.29, 1.82) is 0 Å². The molecule has 15 heavy (non-hydrogen) atoms. The summed E-state index contributed by atoms with van der Waals surface area (Å²) in [6.45, 7) is 8.26. The zero-order chi connectivity index (χ0) is 11.7. The molecule has 88 valence electrons. The van der Waals surface area contributed by atoms with Crippen LogP contribution in [0.4, 0.5) is 0 Å². The molecule has 0 bridgehead atoms. The fourth-order valence-corrected chi connectivity index (χ4v) is 1.35. The van der Waals surface area contributed by atoms with Gasteiger partial charge in [-0.1, -0.05) is 19.4 Å². The van der Waals surface area contributed by atoms with Crippen molar-refractivity contribution >= 4 is 5.91 Å². The third-order valence-electron chi connectivity index (χ3n) is 2.39. The number of hydrogen-bond acceptors (Lipinski definition) is 2. The Balaban J connectivity index is 3.55. The lowest BCUT2D eigenvalue weighted by Gasteiger charge is -2.12. The van der Waals surface area contributed by atoms with E-state index in [-0.39, 0.29) is 17.9 Å².